The molecule has 1 aromatic heterocycles. The summed E-state index contributed by atoms with van der Waals surface area (Å²) >= 11 is 0. The molecule has 1 saturated carbocycles. The predicted octanol–water partition coefficient (Wildman–Crippen LogP) is 0.919. The molecular weight excluding hydrogens is 232 g/mol. The highest BCUT2D eigenvalue weighted by molar-refractivity contribution is 5.25. The van der Waals surface area contributed by atoms with Crippen LogP contribution in [0.2, 0.25) is 0 Å². The summed E-state index contributed by atoms with van der Waals surface area (Å²) < 4.78 is 5.64. The molecule has 1 heterocycles. The highest BCUT2D eigenvalue weighted by Crippen LogP contribution is 2.20. The van der Waals surface area contributed by atoms with Crippen LogP contribution in [-0.4, -0.2) is 40.5 Å². The summed E-state index contributed by atoms with van der Waals surface area (Å²) in [5.41, 5.74) is 0. The number of hydrogen-bond donors (Lipinski definition) is 2. The van der Waals surface area contributed by atoms with Crippen molar-refractivity contribution in [3.05, 3.63) is 5.89 Å². The number of nitrogens with one attached hydrogen (secondary N) is 1. The van der Waals surface area contributed by atoms with Gasteiger partial charge in [-0.05, 0) is 33.1 Å². The third-order valence-corrected chi connectivity index (χ3v) is 3.00. The first kappa shape index (κ1) is 13.3. The molecule has 6 heteroatoms. The molecule has 1 aromatic rings. The maximum absolute atomic E-state index is 8.90. The van der Waals surface area contributed by atoms with Gasteiger partial charge >= 0.3 is 6.01 Å². The summed E-state index contributed by atoms with van der Waals surface area (Å²) in [6, 6.07) is 1.46. The van der Waals surface area contributed by atoms with E-state index in [2.05, 4.69) is 29.4 Å². The summed E-state index contributed by atoms with van der Waals surface area (Å²) in [4.78, 5) is 2.02. The van der Waals surface area contributed by atoms with Crippen LogP contribution in [0.5, 0.6) is 0 Å². The fourth-order valence-electron chi connectivity index (χ4n) is 1.77. The lowest BCUT2D eigenvalue weighted by Crippen LogP contribution is -2.32. The van der Waals surface area contributed by atoms with E-state index in [4.69, 9.17) is 9.52 Å². The van der Waals surface area contributed by atoms with Crippen molar-refractivity contribution in [1.29, 1.82) is 0 Å². The van der Waals surface area contributed by atoms with Crippen molar-refractivity contribution in [3.8, 4) is 0 Å². The van der Waals surface area contributed by atoms with Crippen LogP contribution in [0.15, 0.2) is 4.42 Å². The molecule has 2 N–H and O–H groups in total. The van der Waals surface area contributed by atoms with Gasteiger partial charge in [0.1, 0.15) is 0 Å². The second kappa shape index (κ2) is 6.15. The summed E-state index contributed by atoms with van der Waals surface area (Å²) in [6.45, 7) is 5.69. The van der Waals surface area contributed by atoms with E-state index in [-0.39, 0.29) is 12.6 Å². The molecule has 0 aromatic carbocycles. The minimum absolute atomic E-state index is 0.174. The van der Waals surface area contributed by atoms with Crippen LogP contribution in [0.25, 0.3) is 0 Å². The van der Waals surface area contributed by atoms with Gasteiger partial charge in [-0.15, -0.1) is 5.10 Å². The molecule has 0 atom stereocenters. The van der Waals surface area contributed by atoms with Gasteiger partial charge in [0.05, 0.1) is 6.54 Å². The number of rotatable bonds is 8. The largest absolute Gasteiger partial charge is 0.407 e. The number of aromatic nitrogens is 2. The lowest BCUT2D eigenvalue weighted by molar-refractivity contribution is 0.287. The third kappa shape index (κ3) is 3.68. The van der Waals surface area contributed by atoms with E-state index in [1.807, 2.05) is 4.90 Å². The molecule has 102 valence electrons. The molecule has 0 aliphatic heterocycles. The van der Waals surface area contributed by atoms with E-state index in [1.165, 1.54) is 12.8 Å². The molecule has 0 amide bonds. The average molecular weight is 254 g/mol. The number of aliphatic hydroxyl groups is 1. The van der Waals surface area contributed by atoms with E-state index in [0.29, 0.717) is 30.9 Å². The van der Waals surface area contributed by atoms with Gasteiger partial charge in [0, 0.05) is 25.2 Å². The van der Waals surface area contributed by atoms with Gasteiger partial charge in [0.2, 0.25) is 5.89 Å². The Bertz CT molecular complexity index is 363. The maximum atomic E-state index is 8.90. The first-order valence-corrected chi connectivity index (χ1v) is 6.64. The van der Waals surface area contributed by atoms with Crippen molar-refractivity contribution in [2.75, 3.05) is 18.1 Å². The average Bonchev–Trinajstić information content (AvgIpc) is 3.06. The minimum Gasteiger partial charge on any atom is -0.407 e. The first-order chi connectivity index (χ1) is 8.70. The SMILES string of the molecule is CC(C)N(CCCO)c1nnc(CNC2CC2)o1. The van der Waals surface area contributed by atoms with Crippen molar-refractivity contribution in [3.63, 3.8) is 0 Å². The summed E-state index contributed by atoms with van der Waals surface area (Å²) in [6.07, 6.45) is 3.20. The molecule has 0 saturated heterocycles. The van der Waals surface area contributed by atoms with E-state index < -0.39 is 0 Å². The van der Waals surface area contributed by atoms with Crippen LogP contribution < -0.4 is 10.2 Å². The molecule has 1 fully saturated rings. The van der Waals surface area contributed by atoms with Crippen molar-refractivity contribution >= 4 is 6.01 Å². The first-order valence-electron chi connectivity index (χ1n) is 6.64. The second-order valence-electron chi connectivity index (χ2n) is 5.00. The van der Waals surface area contributed by atoms with E-state index in [0.717, 1.165) is 6.54 Å². The Morgan fingerprint density at radius 2 is 2.22 bits per heavy atom. The molecule has 0 spiro atoms. The summed E-state index contributed by atoms with van der Waals surface area (Å²) in [5, 5.41) is 20.4. The topological polar surface area (TPSA) is 74.4 Å². The van der Waals surface area contributed by atoms with Crippen LogP contribution in [-0.2, 0) is 6.54 Å². The zero-order chi connectivity index (χ0) is 13.0. The van der Waals surface area contributed by atoms with Crippen LogP contribution in [0.4, 0.5) is 6.01 Å². The van der Waals surface area contributed by atoms with Gasteiger partial charge < -0.3 is 19.7 Å². The lowest BCUT2D eigenvalue weighted by atomic mass is 10.3. The summed E-state index contributed by atoms with van der Waals surface area (Å²) in [7, 11) is 0. The molecule has 2 rings (SSSR count). The highest BCUT2D eigenvalue weighted by atomic mass is 16.4. The van der Waals surface area contributed by atoms with Crippen LogP contribution in [0, 0.1) is 0 Å². The number of nitrogens with zero attached hydrogens (tertiary/aromatic N) is 3. The molecule has 6 nitrogen and oxygen atoms in total. The molecule has 1 aliphatic carbocycles. The van der Waals surface area contributed by atoms with Gasteiger partial charge in [0.15, 0.2) is 0 Å². The Morgan fingerprint density at radius 3 is 2.83 bits per heavy atom. The Labute approximate surface area is 107 Å². The monoisotopic (exact) mass is 254 g/mol. The van der Waals surface area contributed by atoms with Gasteiger partial charge in [-0.25, -0.2) is 0 Å². The number of aliphatic hydroxyl groups excluding tert-OH is 1. The zero-order valence-electron chi connectivity index (χ0n) is 11.1. The van der Waals surface area contributed by atoms with Crippen LogP contribution in [0.3, 0.4) is 0 Å². The van der Waals surface area contributed by atoms with Gasteiger partial charge in [0.25, 0.3) is 0 Å². The normalized spacial score (nSPS) is 15.3. The Kier molecular flexibility index (Phi) is 4.54. The fourth-order valence-corrected chi connectivity index (χ4v) is 1.77. The molecule has 0 radical (unpaired) electrons. The van der Waals surface area contributed by atoms with Crippen molar-refractivity contribution < 1.29 is 9.52 Å². The highest BCUT2D eigenvalue weighted by Gasteiger charge is 2.22. The lowest BCUT2D eigenvalue weighted by Gasteiger charge is -2.23. The Hall–Kier alpha value is -1.14. The standard InChI is InChI=1S/C12H22N4O2/c1-9(2)16(6-3-7-17)12-15-14-11(18-12)8-13-10-4-5-10/h9-10,13,17H,3-8H2,1-2H3. The smallest absolute Gasteiger partial charge is 0.318 e. The fraction of sp³-hybridized carbons (Fsp3) is 0.833. The van der Waals surface area contributed by atoms with E-state index >= 15 is 0 Å². The zero-order valence-corrected chi connectivity index (χ0v) is 11.1. The second-order valence-corrected chi connectivity index (χ2v) is 5.00. The van der Waals surface area contributed by atoms with Crippen molar-refractivity contribution in [2.45, 2.75) is 51.7 Å². The van der Waals surface area contributed by atoms with Crippen LogP contribution in [0.1, 0.15) is 39.0 Å². The molecule has 18 heavy (non-hydrogen) atoms. The Balaban J connectivity index is 1.91. The number of anilines is 1. The molecular formula is C12H22N4O2. The van der Waals surface area contributed by atoms with E-state index in [9.17, 15) is 0 Å². The van der Waals surface area contributed by atoms with E-state index in [1.54, 1.807) is 0 Å². The predicted molar refractivity (Wildman–Crippen MR) is 68.3 cm³/mol. The van der Waals surface area contributed by atoms with Gasteiger partial charge in [-0.3, -0.25) is 0 Å². The maximum Gasteiger partial charge on any atom is 0.318 e. The summed E-state index contributed by atoms with van der Waals surface area (Å²) in [5.74, 6) is 0.631. The van der Waals surface area contributed by atoms with Gasteiger partial charge in [-0.2, -0.15) is 0 Å². The van der Waals surface area contributed by atoms with Gasteiger partial charge in [-0.1, -0.05) is 5.10 Å². The minimum atomic E-state index is 0.174. The molecule has 1 aliphatic rings. The Morgan fingerprint density at radius 1 is 1.44 bits per heavy atom. The number of hydrogen-bond acceptors (Lipinski definition) is 6. The molecule has 0 bridgehead atoms. The van der Waals surface area contributed by atoms with Crippen LogP contribution >= 0.6 is 0 Å². The van der Waals surface area contributed by atoms with Crippen molar-refractivity contribution in [2.24, 2.45) is 0 Å². The van der Waals surface area contributed by atoms with Crippen molar-refractivity contribution in [1.82, 2.24) is 15.5 Å². The quantitative estimate of drug-likeness (QED) is 0.718. The molecule has 0 unspecified atom stereocenters. The third-order valence-electron chi connectivity index (χ3n) is 3.00.